The fourth-order valence-corrected chi connectivity index (χ4v) is 3.83. The molecule has 160 valence electrons. The first-order chi connectivity index (χ1) is 15.1. The van der Waals surface area contributed by atoms with Crippen molar-refractivity contribution in [2.45, 2.75) is 19.0 Å². The van der Waals surface area contributed by atoms with Crippen LogP contribution >= 0.6 is 0 Å². The molecule has 0 fully saturated rings. The molecule has 1 atom stereocenters. The lowest BCUT2D eigenvalue weighted by atomic mass is 9.98. The van der Waals surface area contributed by atoms with Crippen molar-refractivity contribution in [1.82, 2.24) is 10.2 Å². The second-order valence-corrected chi connectivity index (χ2v) is 7.42. The van der Waals surface area contributed by atoms with Crippen LogP contribution < -0.4 is 15.4 Å². The van der Waals surface area contributed by atoms with Gasteiger partial charge in [-0.25, -0.2) is 0 Å². The number of methoxy groups -OCH3 is 1. The second-order valence-electron chi connectivity index (χ2n) is 7.42. The van der Waals surface area contributed by atoms with E-state index in [1.165, 1.54) is 11.1 Å². The third kappa shape index (κ3) is 4.95. The molecule has 2 N–H and O–H groups in total. The first-order valence-electron chi connectivity index (χ1n) is 10.2. The number of ether oxygens (including phenoxy) is 1. The molecule has 4 rings (SSSR count). The molecular formula is C24H25N3O4. The lowest BCUT2D eigenvalue weighted by Gasteiger charge is -2.34. The summed E-state index contributed by atoms with van der Waals surface area (Å²) in [6, 6.07) is 18.8. The van der Waals surface area contributed by atoms with E-state index in [4.69, 9.17) is 9.15 Å². The summed E-state index contributed by atoms with van der Waals surface area (Å²) in [5.74, 6) is -0.0680. The first kappa shape index (κ1) is 20.7. The van der Waals surface area contributed by atoms with Gasteiger partial charge < -0.3 is 19.8 Å². The number of nitrogens with one attached hydrogen (secondary N) is 2. The SMILES string of the molecule is COc1cccc(NC(=O)C(=O)NC[C@@H](c2ccco2)N2CCc3ccccc3C2)c1. The van der Waals surface area contributed by atoms with Gasteiger partial charge in [0.2, 0.25) is 0 Å². The molecule has 1 aliphatic heterocycles. The third-order valence-electron chi connectivity index (χ3n) is 5.46. The Morgan fingerprint density at radius 2 is 1.90 bits per heavy atom. The van der Waals surface area contributed by atoms with Crippen LogP contribution in [0, 0.1) is 0 Å². The van der Waals surface area contributed by atoms with Crippen LogP contribution in [-0.4, -0.2) is 36.9 Å². The minimum Gasteiger partial charge on any atom is -0.497 e. The summed E-state index contributed by atoms with van der Waals surface area (Å²) in [5.41, 5.74) is 3.11. The highest BCUT2D eigenvalue weighted by Crippen LogP contribution is 2.28. The molecular weight excluding hydrogens is 394 g/mol. The minimum atomic E-state index is -0.726. The van der Waals surface area contributed by atoms with E-state index >= 15 is 0 Å². The van der Waals surface area contributed by atoms with E-state index in [2.05, 4.69) is 33.7 Å². The van der Waals surface area contributed by atoms with Crippen LogP contribution in [0.25, 0.3) is 0 Å². The van der Waals surface area contributed by atoms with Gasteiger partial charge >= 0.3 is 11.8 Å². The number of anilines is 1. The Morgan fingerprint density at radius 3 is 2.68 bits per heavy atom. The number of hydrogen-bond acceptors (Lipinski definition) is 5. The van der Waals surface area contributed by atoms with Gasteiger partial charge in [-0.2, -0.15) is 0 Å². The number of furan rings is 1. The van der Waals surface area contributed by atoms with Crippen LogP contribution in [0.3, 0.4) is 0 Å². The van der Waals surface area contributed by atoms with Crippen molar-refractivity contribution < 1.29 is 18.7 Å². The van der Waals surface area contributed by atoms with E-state index in [1.807, 2.05) is 18.2 Å². The Morgan fingerprint density at radius 1 is 1.06 bits per heavy atom. The zero-order valence-electron chi connectivity index (χ0n) is 17.3. The Balaban J connectivity index is 1.41. The van der Waals surface area contributed by atoms with Gasteiger partial charge in [-0.1, -0.05) is 30.3 Å². The summed E-state index contributed by atoms with van der Waals surface area (Å²) in [5, 5.41) is 5.36. The van der Waals surface area contributed by atoms with Gasteiger partial charge in [-0.05, 0) is 41.8 Å². The van der Waals surface area contributed by atoms with Crippen LogP contribution in [-0.2, 0) is 22.6 Å². The molecule has 0 bridgehead atoms. The number of amides is 2. The highest BCUT2D eigenvalue weighted by molar-refractivity contribution is 6.39. The molecule has 0 saturated carbocycles. The summed E-state index contributed by atoms with van der Waals surface area (Å²) < 4.78 is 10.8. The van der Waals surface area contributed by atoms with E-state index < -0.39 is 11.8 Å². The number of carbonyl (C=O) groups excluding carboxylic acids is 2. The maximum Gasteiger partial charge on any atom is 0.313 e. The monoisotopic (exact) mass is 419 g/mol. The topological polar surface area (TPSA) is 83.8 Å². The molecule has 31 heavy (non-hydrogen) atoms. The number of carbonyl (C=O) groups is 2. The maximum atomic E-state index is 12.5. The van der Waals surface area contributed by atoms with Crippen LogP contribution in [0.2, 0.25) is 0 Å². The van der Waals surface area contributed by atoms with Crippen LogP contribution in [0.15, 0.2) is 71.3 Å². The van der Waals surface area contributed by atoms with Crippen molar-refractivity contribution >= 4 is 17.5 Å². The Bertz CT molecular complexity index is 1050. The summed E-state index contributed by atoms with van der Waals surface area (Å²) in [6.45, 7) is 1.86. The van der Waals surface area contributed by atoms with Crippen molar-refractivity contribution in [3.8, 4) is 5.75 Å². The fraction of sp³-hybridized carbons (Fsp3) is 0.250. The van der Waals surface area contributed by atoms with Gasteiger partial charge in [0, 0.05) is 31.4 Å². The van der Waals surface area contributed by atoms with E-state index in [1.54, 1.807) is 37.6 Å². The summed E-state index contributed by atoms with van der Waals surface area (Å²) in [6.07, 6.45) is 2.55. The molecule has 2 amide bonds. The predicted molar refractivity (Wildman–Crippen MR) is 117 cm³/mol. The maximum absolute atomic E-state index is 12.5. The summed E-state index contributed by atoms with van der Waals surface area (Å²) in [7, 11) is 1.54. The quantitative estimate of drug-likeness (QED) is 0.600. The molecule has 1 aliphatic rings. The predicted octanol–water partition coefficient (Wildman–Crippen LogP) is 3.14. The van der Waals surface area contributed by atoms with Crippen LogP contribution in [0.1, 0.15) is 22.9 Å². The average molecular weight is 419 g/mol. The van der Waals surface area contributed by atoms with Crippen molar-refractivity contribution in [2.24, 2.45) is 0 Å². The molecule has 0 aliphatic carbocycles. The number of benzene rings is 2. The van der Waals surface area contributed by atoms with Gasteiger partial charge in [-0.15, -0.1) is 0 Å². The lowest BCUT2D eigenvalue weighted by molar-refractivity contribution is -0.136. The smallest absolute Gasteiger partial charge is 0.313 e. The van der Waals surface area contributed by atoms with E-state index in [-0.39, 0.29) is 12.6 Å². The summed E-state index contributed by atoms with van der Waals surface area (Å²) >= 11 is 0. The molecule has 0 unspecified atom stereocenters. The Hall–Kier alpha value is -3.58. The van der Waals surface area contributed by atoms with Crippen molar-refractivity contribution in [2.75, 3.05) is 25.5 Å². The van der Waals surface area contributed by atoms with Gasteiger partial charge in [-0.3, -0.25) is 14.5 Å². The molecule has 3 aromatic rings. The number of hydrogen-bond donors (Lipinski definition) is 2. The van der Waals surface area contributed by atoms with E-state index in [9.17, 15) is 9.59 Å². The Kier molecular flexibility index (Phi) is 6.33. The van der Waals surface area contributed by atoms with Crippen molar-refractivity contribution in [3.05, 3.63) is 83.8 Å². The zero-order valence-corrected chi connectivity index (χ0v) is 17.3. The lowest BCUT2D eigenvalue weighted by Crippen LogP contribution is -2.43. The zero-order chi connectivity index (χ0) is 21.6. The van der Waals surface area contributed by atoms with Crippen LogP contribution in [0.4, 0.5) is 5.69 Å². The minimum absolute atomic E-state index is 0.170. The third-order valence-corrected chi connectivity index (χ3v) is 5.46. The summed E-state index contributed by atoms with van der Waals surface area (Å²) in [4.78, 5) is 27.1. The molecule has 2 heterocycles. The highest BCUT2D eigenvalue weighted by Gasteiger charge is 2.27. The molecule has 1 aromatic heterocycles. The van der Waals surface area contributed by atoms with Gasteiger partial charge in [0.15, 0.2) is 0 Å². The van der Waals surface area contributed by atoms with Gasteiger partial charge in [0.1, 0.15) is 11.5 Å². The molecule has 7 nitrogen and oxygen atoms in total. The normalized spacial score (nSPS) is 14.4. The number of fused-ring (bicyclic) bond motifs is 1. The first-order valence-corrected chi connectivity index (χ1v) is 10.2. The van der Waals surface area contributed by atoms with E-state index in [0.717, 1.165) is 25.3 Å². The second kappa shape index (κ2) is 9.49. The Labute approximate surface area is 181 Å². The molecule has 7 heteroatoms. The number of rotatable bonds is 6. The largest absolute Gasteiger partial charge is 0.497 e. The molecule has 0 radical (unpaired) electrons. The van der Waals surface area contributed by atoms with Crippen molar-refractivity contribution in [3.63, 3.8) is 0 Å². The van der Waals surface area contributed by atoms with Gasteiger partial charge in [0.05, 0.1) is 19.4 Å². The highest BCUT2D eigenvalue weighted by atomic mass is 16.5. The average Bonchev–Trinajstić information content (AvgIpc) is 3.33. The van der Waals surface area contributed by atoms with Gasteiger partial charge in [0.25, 0.3) is 0 Å². The van der Waals surface area contributed by atoms with Crippen LogP contribution in [0.5, 0.6) is 5.75 Å². The number of nitrogens with zero attached hydrogens (tertiary/aromatic N) is 1. The van der Waals surface area contributed by atoms with Crippen molar-refractivity contribution in [1.29, 1.82) is 0 Å². The molecule has 0 saturated heterocycles. The van der Waals surface area contributed by atoms with E-state index in [0.29, 0.717) is 11.4 Å². The standard InChI is InChI=1S/C24H25N3O4/c1-30-20-9-4-8-19(14-20)26-24(29)23(28)25-15-21(22-10-5-13-31-22)27-12-11-17-6-2-3-7-18(17)16-27/h2-10,13-14,21H,11-12,15-16H2,1H3,(H,25,28)(H,26,29)/t21-/m0/s1. The molecule has 2 aromatic carbocycles. The molecule has 0 spiro atoms. The fourth-order valence-electron chi connectivity index (χ4n) is 3.83.